The molecular formula is C61H44N4Si2. The van der Waals surface area contributed by atoms with Gasteiger partial charge in [-0.1, -0.05) is 232 Å². The molecule has 13 rings (SSSR count). The zero-order valence-corrected chi connectivity index (χ0v) is 38.7. The van der Waals surface area contributed by atoms with E-state index in [2.05, 4.69) is 280 Å². The molecule has 10 aromatic carbocycles. The number of nitrogens with zero attached hydrogens (tertiary/aromatic N) is 4. The largest absolute Gasteiger partial charge is 0.309 e. The number of hydrogen-bond donors (Lipinski definition) is 0. The summed E-state index contributed by atoms with van der Waals surface area (Å²) >= 11 is 0. The summed E-state index contributed by atoms with van der Waals surface area (Å²) in [5.41, 5.74) is 8.90. The maximum absolute atomic E-state index is 5.22. The summed E-state index contributed by atoms with van der Waals surface area (Å²) in [6.45, 7) is 0. The van der Waals surface area contributed by atoms with Crippen LogP contribution < -0.4 is 31.1 Å². The summed E-state index contributed by atoms with van der Waals surface area (Å²) in [6, 6.07) is 100. The topological polar surface area (TPSA) is 27.2 Å². The summed E-state index contributed by atoms with van der Waals surface area (Å²) in [7, 11) is -6.32. The van der Waals surface area contributed by atoms with Gasteiger partial charge < -0.3 is 4.57 Å². The molecule has 0 fully saturated rings. The van der Waals surface area contributed by atoms with Crippen LogP contribution in [0.5, 0.6) is 0 Å². The van der Waals surface area contributed by atoms with Crippen LogP contribution in [0.2, 0.25) is 0 Å². The second-order valence-corrected chi connectivity index (χ2v) is 28.5. The first-order chi connectivity index (χ1) is 33.3. The highest BCUT2D eigenvalue weighted by molar-refractivity contribution is 7.67. The van der Waals surface area contributed by atoms with Crippen molar-refractivity contribution < 1.29 is 0 Å². The van der Waals surface area contributed by atoms with Crippen molar-refractivity contribution in [3.63, 3.8) is 0 Å². The number of aromatic nitrogens is 4. The molecule has 0 aliphatic carbocycles. The van der Waals surface area contributed by atoms with Gasteiger partial charge in [0.15, 0.2) is 15.2 Å². The second kappa shape index (κ2) is 15.7. The van der Waals surface area contributed by atoms with E-state index in [0.29, 0.717) is 0 Å². The maximum Gasteiger partial charge on any atom is 0.220 e. The molecule has 0 aliphatic rings. The molecule has 4 nitrogen and oxygen atoms in total. The summed E-state index contributed by atoms with van der Waals surface area (Å²) in [6.07, 6.45) is 0. The van der Waals surface area contributed by atoms with Crippen molar-refractivity contribution in [1.82, 2.24) is 18.5 Å². The predicted molar refractivity (Wildman–Crippen MR) is 285 cm³/mol. The molecule has 0 saturated heterocycles. The predicted octanol–water partition coefficient (Wildman–Crippen LogP) is 10.2. The number of para-hydroxylation sites is 5. The van der Waals surface area contributed by atoms with E-state index >= 15 is 0 Å². The van der Waals surface area contributed by atoms with Crippen molar-refractivity contribution in [1.29, 1.82) is 0 Å². The first-order valence-corrected chi connectivity index (χ1v) is 28.1. The van der Waals surface area contributed by atoms with Crippen LogP contribution in [0.3, 0.4) is 0 Å². The molecule has 0 spiro atoms. The maximum atomic E-state index is 5.22. The number of benzene rings is 10. The van der Waals surface area contributed by atoms with E-state index in [-0.39, 0.29) is 0 Å². The average Bonchev–Trinajstić information content (AvgIpc) is 4.06. The van der Waals surface area contributed by atoms with E-state index in [4.69, 9.17) is 4.98 Å². The molecule has 67 heavy (non-hydrogen) atoms. The molecule has 0 saturated carbocycles. The Morgan fingerprint density at radius 1 is 0.269 bits per heavy atom. The van der Waals surface area contributed by atoms with Gasteiger partial charge in [0.2, 0.25) is 5.78 Å². The Morgan fingerprint density at radius 2 is 0.687 bits per heavy atom. The van der Waals surface area contributed by atoms with Crippen LogP contribution >= 0.6 is 0 Å². The molecule has 3 aromatic heterocycles. The summed E-state index contributed by atoms with van der Waals surface area (Å²) in [4.78, 5) is 5.22. The fourth-order valence-corrected chi connectivity index (χ4v) is 31.1. The quantitative estimate of drug-likeness (QED) is 0.105. The van der Waals surface area contributed by atoms with Gasteiger partial charge in [-0.25, -0.2) is 4.98 Å². The minimum atomic E-state index is -3.20. The molecule has 0 aliphatic heterocycles. The standard InChI is InChI=1S/C61H44N4Si2/c1-6-24-47(25-7-1)66(48-26-8-2-9-27-48,49-28-10-3-11-29-49)67(50-30-12-4-13-31-50,51-32-14-5-15-33-51)52-34-22-23-45(43-52)63-56-37-18-16-35-53(56)54-44-46(41-42-57(54)63)64-59-39-20-21-40-60(59)65-58-38-19-17-36-55(58)62-61(64)65/h1-44H. The molecule has 0 amide bonds. The Hall–Kier alpha value is -8.30. The molecule has 0 unspecified atom stereocenters. The van der Waals surface area contributed by atoms with Crippen molar-refractivity contribution in [2.75, 3.05) is 0 Å². The molecule has 6 heteroatoms. The fourth-order valence-electron chi connectivity index (χ4n) is 11.6. The van der Waals surface area contributed by atoms with Gasteiger partial charge in [-0.3, -0.25) is 8.97 Å². The number of imidazole rings is 2. The van der Waals surface area contributed by atoms with Crippen molar-refractivity contribution in [2.45, 2.75) is 0 Å². The lowest BCUT2D eigenvalue weighted by Gasteiger charge is -2.50. The van der Waals surface area contributed by atoms with Crippen molar-refractivity contribution >= 4 is 96.0 Å². The number of hydrogen-bond acceptors (Lipinski definition) is 1. The smallest absolute Gasteiger partial charge is 0.220 e. The zero-order valence-electron chi connectivity index (χ0n) is 36.7. The van der Waals surface area contributed by atoms with Gasteiger partial charge in [0.1, 0.15) is 0 Å². The lowest BCUT2D eigenvalue weighted by Crippen LogP contribution is -2.94. The SMILES string of the molecule is c1ccc([Si](c2ccccc2)(c2ccccc2)[Si](c2ccccc2)(c2ccccc2)c2cccc(-n3c4ccccc4c4cc(-n5c6ccccc6n6c7ccccc7nc56)ccc43)c2)cc1. The van der Waals surface area contributed by atoms with Gasteiger partial charge in [0, 0.05) is 22.1 Å². The number of fused-ring (bicyclic) bond motifs is 8. The Bertz CT molecular complexity index is 3780. The van der Waals surface area contributed by atoms with Gasteiger partial charge in [-0.2, -0.15) is 0 Å². The Kier molecular flexibility index (Phi) is 9.16. The van der Waals surface area contributed by atoms with E-state index < -0.39 is 15.2 Å². The third kappa shape index (κ3) is 5.73. The van der Waals surface area contributed by atoms with Crippen molar-refractivity contribution in [3.05, 3.63) is 267 Å². The minimum absolute atomic E-state index is 0.907. The minimum Gasteiger partial charge on any atom is -0.309 e. The van der Waals surface area contributed by atoms with Gasteiger partial charge in [0.05, 0.1) is 33.1 Å². The third-order valence-corrected chi connectivity index (χ3v) is 31.0. The molecule has 3 heterocycles. The summed E-state index contributed by atoms with van der Waals surface area (Å²) < 4.78 is 7.11. The van der Waals surface area contributed by atoms with Crippen molar-refractivity contribution in [2.24, 2.45) is 0 Å². The normalized spacial score (nSPS) is 12.2. The van der Waals surface area contributed by atoms with Gasteiger partial charge in [-0.15, -0.1) is 0 Å². The zero-order chi connectivity index (χ0) is 44.4. The van der Waals surface area contributed by atoms with Crippen LogP contribution in [-0.2, 0) is 0 Å². The Morgan fingerprint density at radius 3 is 1.25 bits per heavy atom. The van der Waals surface area contributed by atoms with E-state index in [0.717, 1.165) is 44.7 Å². The van der Waals surface area contributed by atoms with Gasteiger partial charge in [-0.05, 0) is 65.9 Å². The van der Waals surface area contributed by atoms with Crippen LogP contribution in [0.4, 0.5) is 0 Å². The third-order valence-electron chi connectivity index (χ3n) is 14.2. The Labute approximate surface area is 390 Å². The first-order valence-electron chi connectivity index (χ1n) is 23.1. The summed E-state index contributed by atoms with van der Waals surface area (Å²) in [5, 5.41) is 10.8. The number of rotatable bonds is 9. The monoisotopic (exact) mass is 888 g/mol. The fraction of sp³-hybridized carbons (Fsp3) is 0. The molecule has 0 radical (unpaired) electrons. The highest BCUT2D eigenvalue weighted by Crippen LogP contribution is 2.36. The Balaban J connectivity index is 1.12. The van der Waals surface area contributed by atoms with Gasteiger partial charge in [0.25, 0.3) is 0 Å². The van der Waals surface area contributed by atoms with Gasteiger partial charge >= 0.3 is 0 Å². The van der Waals surface area contributed by atoms with Crippen LogP contribution in [-0.4, -0.2) is 33.7 Å². The highest BCUT2D eigenvalue weighted by Gasteiger charge is 2.61. The average molecular weight is 889 g/mol. The van der Waals surface area contributed by atoms with E-state index in [1.807, 2.05) is 0 Å². The molecular weight excluding hydrogens is 845 g/mol. The van der Waals surface area contributed by atoms with Crippen LogP contribution in [0.15, 0.2) is 267 Å². The second-order valence-electron chi connectivity index (χ2n) is 17.5. The van der Waals surface area contributed by atoms with Crippen LogP contribution in [0.25, 0.3) is 61.0 Å². The van der Waals surface area contributed by atoms with E-state index in [1.165, 1.54) is 47.4 Å². The molecule has 0 bridgehead atoms. The lowest BCUT2D eigenvalue weighted by atomic mass is 10.1. The lowest BCUT2D eigenvalue weighted by molar-refractivity contribution is 1.11. The van der Waals surface area contributed by atoms with E-state index in [1.54, 1.807) is 0 Å². The highest BCUT2D eigenvalue weighted by atomic mass is 29.3. The summed E-state index contributed by atoms with van der Waals surface area (Å²) in [5.74, 6) is 0.907. The van der Waals surface area contributed by atoms with Crippen LogP contribution in [0.1, 0.15) is 0 Å². The molecule has 13 aromatic rings. The molecule has 0 atom stereocenters. The first kappa shape index (κ1) is 39.1. The van der Waals surface area contributed by atoms with Crippen LogP contribution in [0, 0.1) is 0 Å². The van der Waals surface area contributed by atoms with E-state index in [9.17, 15) is 0 Å². The molecule has 0 N–H and O–H groups in total. The van der Waals surface area contributed by atoms with Crippen molar-refractivity contribution in [3.8, 4) is 11.4 Å². The molecule has 316 valence electrons.